The minimum absolute atomic E-state index is 0.132. The Kier molecular flexibility index (Phi) is 3.12. The molecular formula is C11H14O3. The van der Waals surface area contributed by atoms with Gasteiger partial charge in [-0.1, -0.05) is 13.0 Å². The molecule has 2 N–H and O–H groups in total. The van der Waals surface area contributed by atoms with Gasteiger partial charge in [-0.25, -0.2) is 0 Å². The fraction of sp³-hybridized carbons (Fsp3) is 0.364. The lowest BCUT2D eigenvalue weighted by Gasteiger charge is -2.09. The molecule has 0 saturated heterocycles. The van der Waals surface area contributed by atoms with E-state index >= 15 is 0 Å². The van der Waals surface area contributed by atoms with Crippen LogP contribution in [-0.4, -0.2) is 16.2 Å². The number of carbonyl (C=O) groups is 1. The van der Waals surface area contributed by atoms with E-state index in [0.29, 0.717) is 5.56 Å². The lowest BCUT2D eigenvalue weighted by atomic mass is 9.98. The van der Waals surface area contributed by atoms with Gasteiger partial charge in [0, 0.05) is 0 Å². The zero-order valence-electron chi connectivity index (χ0n) is 8.32. The van der Waals surface area contributed by atoms with Crippen molar-refractivity contribution in [3.63, 3.8) is 0 Å². The summed E-state index contributed by atoms with van der Waals surface area (Å²) < 4.78 is 0. The highest BCUT2D eigenvalue weighted by Gasteiger charge is 2.14. The van der Waals surface area contributed by atoms with Crippen LogP contribution >= 0.6 is 0 Å². The van der Waals surface area contributed by atoms with E-state index in [1.807, 2.05) is 13.0 Å². The van der Waals surface area contributed by atoms with Crippen molar-refractivity contribution in [2.24, 2.45) is 0 Å². The van der Waals surface area contributed by atoms with Crippen LogP contribution in [0.3, 0.4) is 0 Å². The molecule has 0 spiro atoms. The minimum atomic E-state index is -0.877. The van der Waals surface area contributed by atoms with E-state index in [1.54, 1.807) is 13.0 Å². The zero-order valence-corrected chi connectivity index (χ0v) is 8.32. The summed E-state index contributed by atoms with van der Waals surface area (Å²) in [6, 6.07) is 4.97. The molecule has 1 atom stereocenters. The maximum Gasteiger partial charge on any atom is 0.310 e. The standard InChI is InChI=1S/C11H14O3/c1-3-8-4-9(6-10(12)5-8)7(2)11(13)14/h4-7,12H,3H2,1-2H3,(H,13,14). The van der Waals surface area contributed by atoms with Crippen LogP contribution in [0.2, 0.25) is 0 Å². The van der Waals surface area contributed by atoms with Gasteiger partial charge < -0.3 is 10.2 Å². The van der Waals surface area contributed by atoms with Crippen LogP contribution in [0.15, 0.2) is 18.2 Å². The highest BCUT2D eigenvalue weighted by molar-refractivity contribution is 5.75. The number of rotatable bonds is 3. The van der Waals surface area contributed by atoms with E-state index in [2.05, 4.69) is 0 Å². The van der Waals surface area contributed by atoms with Gasteiger partial charge in [-0.05, 0) is 36.6 Å². The molecule has 1 rings (SSSR count). The molecular weight excluding hydrogens is 180 g/mol. The second-order valence-electron chi connectivity index (χ2n) is 3.35. The molecule has 3 heteroatoms. The smallest absolute Gasteiger partial charge is 0.310 e. The molecule has 0 radical (unpaired) electrons. The zero-order chi connectivity index (χ0) is 10.7. The van der Waals surface area contributed by atoms with E-state index in [-0.39, 0.29) is 5.75 Å². The quantitative estimate of drug-likeness (QED) is 0.775. The predicted octanol–water partition coefficient (Wildman–Crippen LogP) is 2.14. The number of aryl methyl sites for hydroxylation is 1. The molecule has 0 aliphatic heterocycles. The summed E-state index contributed by atoms with van der Waals surface area (Å²) in [7, 11) is 0. The average Bonchev–Trinajstić information content (AvgIpc) is 2.15. The van der Waals surface area contributed by atoms with Crippen LogP contribution in [0.25, 0.3) is 0 Å². The van der Waals surface area contributed by atoms with E-state index in [4.69, 9.17) is 5.11 Å². The van der Waals surface area contributed by atoms with E-state index in [9.17, 15) is 9.90 Å². The second-order valence-corrected chi connectivity index (χ2v) is 3.35. The Balaban J connectivity index is 3.08. The first-order valence-corrected chi connectivity index (χ1v) is 4.60. The summed E-state index contributed by atoms with van der Waals surface area (Å²) in [4.78, 5) is 10.7. The molecule has 0 aliphatic carbocycles. The predicted molar refractivity (Wildman–Crippen MR) is 53.5 cm³/mol. The van der Waals surface area contributed by atoms with Gasteiger partial charge in [-0.3, -0.25) is 4.79 Å². The van der Waals surface area contributed by atoms with Crippen molar-refractivity contribution in [2.75, 3.05) is 0 Å². The Morgan fingerprint density at radius 2 is 2.07 bits per heavy atom. The number of hydrogen-bond acceptors (Lipinski definition) is 2. The molecule has 0 saturated carbocycles. The number of carboxylic acid groups (broad SMARTS) is 1. The summed E-state index contributed by atoms with van der Waals surface area (Å²) >= 11 is 0. The van der Waals surface area contributed by atoms with Gasteiger partial charge in [0.15, 0.2) is 0 Å². The second kappa shape index (κ2) is 4.13. The van der Waals surface area contributed by atoms with E-state index in [1.165, 1.54) is 6.07 Å². The SMILES string of the molecule is CCc1cc(O)cc(C(C)C(=O)O)c1. The summed E-state index contributed by atoms with van der Waals surface area (Å²) in [6.45, 7) is 3.57. The van der Waals surface area contributed by atoms with Gasteiger partial charge in [0.25, 0.3) is 0 Å². The summed E-state index contributed by atoms with van der Waals surface area (Å²) in [5, 5.41) is 18.2. The van der Waals surface area contributed by atoms with Gasteiger partial charge in [0.05, 0.1) is 5.92 Å². The van der Waals surface area contributed by atoms with Gasteiger partial charge in [-0.15, -0.1) is 0 Å². The topological polar surface area (TPSA) is 57.5 Å². The minimum Gasteiger partial charge on any atom is -0.508 e. The van der Waals surface area contributed by atoms with Crippen LogP contribution in [0.5, 0.6) is 5.75 Å². The molecule has 0 amide bonds. The lowest BCUT2D eigenvalue weighted by molar-refractivity contribution is -0.138. The van der Waals surface area contributed by atoms with Crippen molar-refractivity contribution < 1.29 is 15.0 Å². The summed E-state index contributed by atoms with van der Waals surface area (Å²) in [5.41, 5.74) is 1.60. The maximum absolute atomic E-state index is 10.7. The highest BCUT2D eigenvalue weighted by Crippen LogP contribution is 2.22. The number of benzene rings is 1. The first-order chi connectivity index (χ1) is 6.54. The molecule has 0 aromatic heterocycles. The Morgan fingerprint density at radius 1 is 1.43 bits per heavy atom. The fourth-order valence-electron chi connectivity index (χ4n) is 1.30. The monoisotopic (exact) mass is 194 g/mol. The van der Waals surface area contributed by atoms with Gasteiger partial charge in [0.2, 0.25) is 0 Å². The van der Waals surface area contributed by atoms with Crippen LogP contribution in [0, 0.1) is 0 Å². The third-order valence-electron chi connectivity index (χ3n) is 2.28. The maximum atomic E-state index is 10.7. The van der Waals surface area contributed by atoms with Crippen molar-refractivity contribution >= 4 is 5.97 Å². The molecule has 1 aromatic carbocycles. The molecule has 0 aliphatic rings. The molecule has 3 nitrogen and oxygen atoms in total. The lowest BCUT2D eigenvalue weighted by Crippen LogP contribution is -2.07. The molecule has 0 bridgehead atoms. The van der Waals surface area contributed by atoms with Crippen molar-refractivity contribution in [3.8, 4) is 5.75 Å². The Hall–Kier alpha value is -1.51. The summed E-state index contributed by atoms with van der Waals surface area (Å²) in [6.07, 6.45) is 0.785. The molecule has 76 valence electrons. The van der Waals surface area contributed by atoms with Gasteiger partial charge in [-0.2, -0.15) is 0 Å². The Labute approximate surface area is 83.0 Å². The molecule has 1 unspecified atom stereocenters. The van der Waals surface area contributed by atoms with Crippen molar-refractivity contribution in [3.05, 3.63) is 29.3 Å². The first kappa shape index (κ1) is 10.6. The van der Waals surface area contributed by atoms with Crippen molar-refractivity contribution in [1.82, 2.24) is 0 Å². The number of carboxylic acids is 1. The van der Waals surface area contributed by atoms with Crippen LogP contribution in [0.4, 0.5) is 0 Å². The molecule has 14 heavy (non-hydrogen) atoms. The van der Waals surface area contributed by atoms with E-state index < -0.39 is 11.9 Å². The normalized spacial score (nSPS) is 12.4. The number of aromatic hydroxyl groups is 1. The highest BCUT2D eigenvalue weighted by atomic mass is 16.4. The van der Waals surface area contributed by atoms with Gasteiger partial charge in [0.1, 0.15) is 5.75 Å². The van der Waals surface area contributed by atoms with Crippen molar-refractivity contribution in [2.45, 2.75) is 26.2 Å². The van der Waals surface area contributed by atoms with Gasteiger partial charge >= 0.3 is 5.97 Å². The van der Waals surface area contributed by atoms with Crippen LogP contribution in [-0.2, 0) is 11.2 Å². The van der Waals surface area contributed by atoms with Crippen LogP contribution in [0.1, 0.15) is 30.9 Å². The molecule has 1 aromatic rings. The number of hydrogen-bond donors (Lipinski definition) is 2. The number of phenols is 1. The average molecular weight is 194 g/mol. The molecule has 0 heterocycles. The third-order valence-corrected chi connectivity index (χ3v) is 2.28. The number of aliphatic carboxylic acids is 1. The first-order valence-electron chi connectivity index (χ1n) is 4.60. The largest absolute Gasteiger partial charge is 0.508 e. The molecule has 0 fully saturated rings. The van der Waals surface area contributed by atoms with E-state index in [0.717, 1.165) is 12.0 Å². The van der Waals surface area contributed by atoms with Crippen molar-refractivity contribution in [1.29, 1.82) is 0 Å². The fourth-order valence-corrected chi connectivity index (χ4v) is 1.30. The summed E-state index contributed by atoms with van der Waals surface area (Å²) in [5.74, 6) is -1.32. The Bertz CT molecular complexity index is 344. The third kappa shape index (κ3) is 2.25. The number of phenolic OH excluding ortho intramolecular Hbond substituents is 1. The van der Waals surface area contributed by atoms with Crippen LogP contribution < -0.4 is 0 Å². The Morgan fingerprint density at radius 3 is 2.57 bits per heavy atom.